The van der Waals surface area contributed by atoms with Gasteiger partial charge in [-0.05, 0) is 39.6 Å². The average Bonchev–Trinajstić information content (AvgIpc) is 3.30. The molecule has 2 aliphatic heterocycles. The average molecular weight is 635 g/mol. The third-order valence-corrected chi connectivity index (χ3v) is 9.97. The quantitative estimate of drug-likeness (QED) is 0.219. The van der Waals surface area contributed by atoms with E-state index in [1.54, 1.807) is 12.1 Å². The van der Waals surface area contributed by atoms with Crippen LogP contribution >= 0.6 is 35.0 Å². The number of hydrogen-bond donors (Lipinski definition) is 1. The molecule has 2 heterocycles. The van der Waals surface area contributed by atoms with Crippen LogP contribution in [0.2, 0.25) is 10.0 Å². The van der Waals surface area contributed by atoms with Crippen LogP contribution in [0.1, 0.15) is 34.0 Å². The first-order valence-electron chi connectivity index (χ1n) is 14.5. The number of halogens is 2. The Bertz CT molecular complexity index is 1620. The van der Waals surface area contributed by atoms with Gasteiger partial charge in [-0.15, -0.1) is 11.8 Å². The Morgan fingerprint density at radius 1 is 0.907 bits per heavy atom. The second kappa shape index (κ2) is 13.7. The summed E-state index contributed by atoms with van der Waals surface area (Å²) in [5.41, 5.74) is 4.09. The highest BCUT2D eigenvalue weighted by molar-refractivity contribution is 8.01. The van der Waals surface area contributed by atoms with Crippen LogP contribution in [-0.2, 0) is 34.0 Å². The first-order valence-corrected chi connectivity index (χ1v) is 16.2. The first-order chi connectivity index (χ1) is 20.9. The van der Waals surface area contributed by atoms with E-state index >= 15 is 0 Å². The van der Waals surface area contributed by atoms with Crippen molar-refractivity contribution in [2.45, 2.75) is 36.7 Å². The topological polar surface area (TPSA) is 61.9 Å². The van der Waals surface area contributed by atoms with Gasteiger partial charge in [0.1, 0.15) is 5.37 Å². The minimum absolute atomic E-state index is 0.0695. The van der Waals surface area contributed by atoms with Crippen molar-refractivity contribution < 1.29 is 14.3 Å². The van der Waals surface area contributed by atoms with Crippen molar-refractivity contribution in [3.63, 3.8) is 0 Å². The van der Waals surface area contributed by atoms with Gasteiger partial charge in [-0.3, -0.25) is 14.5 Å². The summed E-state index contributed by atoms with van der Waals surface area (Å²) >= 11 is 14.3. The molecule has 4 aromatic carbocycles. The molecule has 2 saturated heterocycles. The zero-order chi connectivity index (χ0) is 29.8. The molecule has 9 heteroatoms. The molecule has 43 heavy (non-hydrogen) atoms. The van der Waals surface area contributed by atoms with E-state index in [0.29, 0.717) is 23.1 Å². The number of nitrogens with one attached hydrogen (secondary N) is 1. The minimum atomic E-state index is -0.527. The number of carbonyl (C=O) groups excluding carboxylic acids is 2. The summed E-state index contributed by atoms with van der Waals surface area (Å²) in [4.78, 5) is 31.3. The molecule has 0 aromatic heterocycles. The van der Waals surface area contributed by atoms with Gasteiger partial charge < -0.3 is 15.0 Å². The fourth-order valence-corrected chi connectivity index (χ4v) is 7.81. The van der Waals surface area contributed by atoms with E-state index in [4.69, 9.17) is 27.9 Å². The van der Waals surface area contributed by atoms with E-state index in [0.717, 1.165) is 60.3 Å². The molecule has 2 atom stereocenters. The molecule has 0 bridgehead atoms. The summed E-state index contributed by atoms with van der Waals surface area (Å²) in [5.74, 6) is -0.228. The number of morpholine rings is 1. The second-order valence-corrected chi connectivity index (χ2v) is 13.1. The number of ether oxygens (including phenoxy) is 1. The Morgan fingerprint density at radius 3 is 2.47 bits per heavy atom. The Balaban J connectivity index is 1.18. The molecule has 2 fully saturated rings. The van der Waals surface area contributed by atoms with Gasteiger partial charge in [0.15, 0.2) is 0 Å². The smallest absolute Gasteiger partial charge is 0.237 e. The van der Waals surface area contributed by atoms with E-state index in [-0.39, 0.29) is 23.6 Å². The molecule has 6 rings (SSSR count). The molecule has 222 valence electrons. The van der Waals surface area contributed by atoms with E-state index < -0.39 is 5.25 Å². The normalized spacial score (nSPS) is 19.2. The van der Waals surface area contributed by atoms with Crippen molar-refractivity contribution in [1.29, 1.82) is 0 Å². The number of amides is 2. The molecule has 0 radical (unpaired) electrons. The fourth-order valence-electron chi connectivity index (χ4n) is 5.75. The molecule has 0 spiro atoms. The fraction of sp³-hybridized carbons (Fsp3) is 0.294. The van der Waals surface area contributed by atoms with Crippen molar-refractivity contribution >= 4 is 57.6 Å². The van der Waals surface area contributed by atoms with Crippen molar-refractivity contribution in [2.24, 2.45) is 0 Å². The number of thioether (sulfide) groups is 1. The van der Waals surface area contributed by atoms with E-state index in [1.807, 2.05) is 47.4 Å². The maximum Gasteiger partial charge on any atom is 0.237 e. The van der Waals surface area contributed by atoms with Crippen molar-refractivity contribution in [1.82, 2.24) is 15.1 Å². The van der Waals surface area contributed by atoms with Crippen LogP contribution in [0.5, 0.6) is 0 Å². The van der Waals surface area contributed by atoms with Gasteiger partial charge in [0.25, 0.3) is 0 Å². The Hall–Kier alpha value is -3.07. The zero-order valence-corrected chi connectivity index (χ0v) is 26.0. The van der Waals surface area contributed by atoms with Crippen molar-refractivity contribution in [3.8, 4) is 0 Å². The van der Waals surface area contributed by atoms with E-state index in [2.05, 4.69) is 40.5 Å². The van der Waals surface area contributed by atoms with Gasteiger partial charge in [0.2, 0.25) is 11.8 Å². The molecule has 2 amide bonds. The van der Waals surface area contributed by atoms with Crippen LogP contribution in [0.4, 0.5) is 0 Å². The van der Waals surface area contributed by atoms with Crippen molar-refractivity contribution in [2.75, 3.05) is 26.3 Å². The van der Waals surface area contributed by atoms with Gasteiger partial charge in [-0.1, -0.05) is 96.0 Å². The summed E-state index contributed by atoms with van der Waals surface area (Å²) in [5, 5.41) is 5.46. The molecular weight excluding hydrogens is 601 g/mol. The minimum Gasteiger partial charge on any atom is -0.379 e. The first kappa shape index (κ1) is 30.0. The van der Waals surface area contributed by atoms with Crippen LogP contribution in [0.15, 0.2) is 84.9 Å². The highest BCUT2D eigenvalue weighted by Crippen LogP contribution is 2.47. The Labute approximate surface area is 266 Å². The summed E-state index contributed by atoms with van der Waals surface area (Å²) in [7, 11) is 0. The number of nitrogens with zero attached hydrogens (tertiary/aromatic N) is 2. The Kier molecular flexibility index (Phi) is 9.55. The van der Waals surface area contributed by atoms with Crippen LogP contribution in [0.25, 0.3) is 10.8 Å². The summed E-state index contributed by atoms with van der Waals surface area (Å²) < 4.78 is 5.49. The van der Waals surface area contributed by atoms with Gasteiger partial charge in [0.05, 0.1) is 18.5 Å². The predicted molar refractivity (Wildman–Crippen MR) is 174 cm³/mol. The standard InChI is InChI=1S/C34H33Cl2N3O3S/c35-27-11-12-29(30(36)18-27)34-39(22-24-6-3-5-23(17-24)21-38-13-15-42-16-14-38)33(41)31(43-34)19-32(40)37-20-26-9-4-8-25-7-1-2-10-28(25)26/h1-12,17-18,31,34H,13-16,19-22H2,(H,37,40)/t31-,34-/m1/s1. The third-order valence-electron chi connectivity index (χ3n) is 7.94. The zero-order valence-electron chi connectivity index (χ0n) is 23.7. The Morgan fingerprint density at radius 2 is 1.65 bits per heavy atom. The highest BCUT2D eigenvalue weighted by Gasteiger charge is 2.42. The largest absolute Gasteiger partial charge is 0.379 e. The molecule has 0 saturated carbocycles. The lowest BCUT2D eigenvalue weighted by Gasteiger charge is -2.27. The van der Waals surface area contributed by atoms with Gasteiger partial charge in [0, 0.05) is 54.8 Å². The lowest BCUT2D eigenvalue weighted by molar-refractivity contribution is -0.132. The van der Waals surface area contributed by atoms with Gasteiger partial charge in [-0.25, -0.2) is 0 Å². The second-order valence-electron chi connectivity index (χ2n) is 10.9. The van der Waals surface area contributed by atoms with Crippen molar-refractivity contribution in [3.05, 3.63) is 117 Å². The predicted octanol–water partition coefficient (Wildman–Crippen LogP) is 6.83. The molecule has 0 unspecified atom stereocenters. The summed E-state index contributed by atoms with van der Waals surface area (Å²) in [6, 6.07) is 27.9. The van der Waals surface area contributed by atoms with Gasteiger partial charge >= 0.3 is 0 Å². The molecule has 1 N–H and O–H groups in total. The maximum absolute atomic E-state index is 13.9. The number of rotatable bonds is 9. The van der Waals surface area contributed by atoms with E-state index in [1.165, 1.54) is 17.3 Å². The number of fused-ring (bicyclic) bond motifs is 1. The number of benzene rings is 4. The lowest BCUT2D eigenvalue weighted by atomic mass is 10.0. The van der Waals surface area contributed by atoms with Crippen LogP contribution in [-0.4, -0.2) is 53.2 Å². The monoisotopic (exact) mass is 633 g/mol. The van der Waals surface area contributed by atoms with Crippen LogP contribution in [0, 0.1) is 0 Å². The molecule has 4 aromatic rings. The molecule has 2 aliphatic rings. The summed E-state index contributed by atoms with van der Waals surface area (Å²) in [6.45, 7) is 4.98. The molecular formula is C34H33Cl2N3O3S. The third kappa shape index (κ3) is 7.19. The number of carbonyl (C=O) groups is 2. The molecule has 0 aliphatic carbocycles. The highest BCUT2D eigenvalue weighted by atomic mass is 35.5. The van der Waals surface area contributed by atoms with Crippen LogP contribution < -0.4 is 5.32 Å². The van der Waals surface area contributed by atoms with E-state index in [9.17, 15) is 9.59 Å². The van der Waals surface area contributed by atoms with Crippen LogP contribution in [0.3, 0.4) is 0 Å². The van der Waals surface area contributed by atoms with Gasteiger partial charge in [-0.2, -0.15) is 0 Å². The summed E-state index contributed by atoms with van der Waals surface area (Å²) in [6.07, 6.45) is 0.0869. The number of hydrogen-bond acceptors (Lipinski definition) is 5. The SMILES string of the molecule is O=C(C[C@H]1S[C@H](c2ccc(Cl)cc2Cl)N(Cc2cccc(CN3CCOCC3)c2)C1=O)NCc1cccc2ccccc12. The lowest BCUT2D eigenvalue weighted by Crippen LogP contribution is -2.35. The molecule has 6 nitrogen and oxygen atoms in total. The maximum atomic E-state index is 13.9.